The van der Waals surface area contributed by atoms with Crippen LogP contribution in [0.5, 0.6) is 0 Å². The smallest absolute Gasteiger partial charge is 0.265 e. The van der Waals surface area contributed by atoms with Crippen molar-refractivity contribution in [3.8, 4) is 0 Å². The predicted molar refractivity (Wildman–Crippen MR) is 104 cm³/mol. The Morgan fingerprint density at radius 2 is 1.70 bits per heavy atom. The number of carbonyl (C=O) groups excluding carboxylic acids is 1. The molecule has 1 amide bonds. The molecule has 0 unspecified atom stereocenters. The minimum atomic E-state index is -3.84. The molecule has 3 aromatic rings. The van der Waals surface area contributed by atoms with E-state index in [1.807, 2.05) is 13.0 Å². The van der Waals surface area contributed by atoms with Gasteiger partial charge in [0.1, 0.15) is 5.56 Å². The third-order valence-electron chi connectivity index (χ3n) is 4.16. The summed E-state index contributed by atoms with van der Waals surface area (Å²) in [7, 11) is -0.836. The molecule has 1 heterocycles. The topological polar surface area (TPSA) is 84.3 Å². The molecular formula is C19H20N4O3S. The van der Waals surface area contributed by atoms with Gasteiger partial charge in [-0.15, -0.1) is 0 Å². The van der Waals surface area contributed by atoms with E-state index in [1.54, 1.807) is 55.6 Å². The van der Waals surface area contributed by atoms with Gasteiger partial charge in [-0.05, 0) is 31.2 Å². The predicted octanol–water partition coefficient (Wildman–Crippen LogP) is 2.81. The van der Waals surface area contributed by atoms with Crippen molar-refractivity contribution in [3.63, 3.8) is 0 Å². The molecule has 1 N–H and O–H groups in total. The van der Waals surface area contributed by atoms with Crippen LogP contribution >= 0.6 is 0 Å². The lowest BCUT2D eigenvalue weighted by Crippen LogP contribution is -2.30. The van der Waals surface area contributed by atoms with Gasteiger partial charge in [-0.3, -0.25) is 13.8 Å². The van der Waals surface area contributed by atoms with Crippen LogP contribution in [0.15, 0.2) is 65.7 Å². The summed E-state index contributed by atoms with van der Waals surface area (Å²) in [4.78, 5) is 12.8. The Labute approximate surface area is 158 Å². The number of amides is 1. The molecule has 1 aromatic heterocycles. The Hall–Kier alpha value is -3.13. The standard InChI is InChI=1S/C19H20N4O3S/c1-14-9-11-16(12-10-14)27(25,26)23(3)19-17(13-20-22(19)2)18(24)21-15-7-5-4-6-8-15/h4-13H,1-3H3,(H,21,24). The molecule has 0 saturated carbocycles. The molecule has 7 nitrogen and oxygen atoms in total. The van der Waals surface area contributed by atoms with E-state index in [0.29, 0.717) is 5.69 Å². The number of aryl methyl sites for hydroxylation is 2. The number of carbonyl (C=O) groups is 1. The van der Waals surface area contributed by atoms with Crippen LogP contribution < -0.4 is 9.62 Å². The number of hydrogen-bond acceptors (Lipinski definition) is 4. The van der Waals surface area contributed by atoms with Crippen LogP contribution in [0, 0.1) is 6.92 Å². The summed E-state index contributed by atoms with van der Waals surface area (Å²) in [5, 5.41) is 6.82. The molecule has 0 spiro atoms. The van der Waals surface area contributed by atoms with Crippen molar-refractivity contribution in [3.05, 3.63) is 71.9 Å². The molecule has 140 valence electrons. The van der Waals surface area contributed by atoms with Crippen molar-refractivity contribution in [2.75, 3.05) is 16.7 Å². The van der Waals surface area contributed by atoms with Gasteiger partial charge in [0.25, 0.3) is 15.9 Å². The second-order valence-electron chi connectivity index (χ2n) is 6.11. The highest BCUT2D eigenvalue weighted by molar-refractivity contribution is 7.92. The fourth-order valence-corrected chi connectivity index (χ4v) is 3.91. The molecule has 0 saturated heterocycles. The van der Waals surface area contributed by atoms with Crippen LogP contribution in [0.3, 0.4) is 0 Å². The van der Waals surface area contributed by atoms with E-state index < -0.39 is 15.9 Å². The Morgan fingerprint density at radius 1 is 1.07 bits per heavy atom. The summed E-state index contributed by atoms with van der Waals surface area (Å²) >= 11 is 0. The maximum atomic E-state index is 13.0. The van der Waals surface area contributed by atoms with Gasteiger partial charge in [-0.2, -0.15) is 5.10 Å². The van der Waals surface area contributed by atoms with Crippen molar-refractivity contribution in [2.24, 2.45) is 7.05 Å². The molecule has 0 aliphatic carbocycles. The molecule has 8 heteroatoms. The fourth-order valence-electron chi connectivity index (χ4n) is 2.67. The summed E-state index contributed by atoms with van der Waals surface area (Å²) in [6, 6.07) is 15.5. The molecule has 0 bridgehead atoms. The monoisotopic (exact) mass is 384 g/mol. The van der Waals surface area contributed by atoms with Crippen LogP contribution in [0.1, 0.15) is 15.9 Å². The zero-order chi connectivity index (χ0) is 19.6. The molecule has 2 aromatic carbocycles. The minimum Gasteiger partial charge on any atom is -0.322 e. The molecule has 0 fully saturated rings. The zero-order valence-corrected chi connectivity index (χ0v) is 16.1. The zero-order valence-electron chi connectivity index (χ0n) is 15.2. The highest BCUT2D eigenvalue weighted by atomic mass is 32.2. The third kappa shape index (κ3) is 3.70. The van der Waals surface area contributed by atoms with E-state index in [1.165, 1.54) is 17.9 Å². The van der Waals surface area contributed by atoms with Crippen LogP contribution in [0.4, 0.5) is 11.5 Å². The number of sulfonamides is 1. The number of para-hydroxylation sites is 1. The van der Waals surface area contributed by atoms with Gasteiger partial charge < -0.3 is 5.32 Å². The second kappa shape index (κ2) is 7.24. The van der Waals surface area contributed by atoms with E-state index in [0.717, 1.165) is 9.87 Å². The van der Waals surface area contributed by atoms with Gasteiger partial charge in [0.15, 0.2) is 5.82 Å². The first-order chi connectivity index (χ1) is 12.8. The van der Waals surface area contributed by atoms with E-state index >= 15 is 0 Å². The van der Waals surface area contributed by atoms with Crippen LogP contribution in [-0.4, -0.2) is 31.2 Å². The number of nitrogens with one attached hydrogen (secondary N) is 1. The van der Waals surface area contributed by atoms with Gasteiger partial charge in [0.05, 0.1) is 11.1 Å². The first-order valence-electron chi connectivity index (χ1n) is 8.24. The van der Waals surface area contributed by atoms with Crippen LogP contribution in [0.2, 0.25) is 0 Å². The molecule has 0 aliphatic heterocycles. The lowest BCUT2D eigenvalue weighted by atomic mass is 10.2. The van der Waals surface area contributed by atoms with Crippen molar-refractivity contribution in [2.45, 2.75) is 11.8 Å². The van der Waals surface area contributed by atoms with E-state index in [4.69, 9.17) is 0 Å². The SMILES string of the molecule is Cc1ccc(S(=O)(=O)N(C)c2c(C(=O)Nc3ccccc3)cnn2C)cc1. The summed E-state index contributed by atoms with van der Waals surface area (Å²) in [6.45, 7) is 1.88. The Kier molecular flexibility index (Phi) is 5.00. The van der Waals surface area contributed by atoms with Crippen molar-refractivity contribution in [1.29, 1.82) is 0 Å². The van der Waals surface area contributed by atoms with E-state index in [2.05, 4.69) is 10.4 Å². The Bertz CT molecular complexity index is 1060. The number of hydrogen-bond donors (Lipinski definition) is 1. The maximum absolute atomic E-state index is 13.0. The normalized spacial score (nSPS) is 11.2. The second-order valence-corrected chi connectivity index (χ2v) is 8.08. The number of benzene rings is 2. The number of aromatic nitrogens is 2. The molecular weight excluding hydrogens is 364 g/mol. The highest BCUT2D eigenvalue weighted by Gasteiger charge is 2.28. The summed E-state index contributed by atoms with van der Waals surface area (Å²) < 4.78 is 28.4. The quantitative estimate of drug-likeness (QED) is 0.733. The molecule has 3 rings (SSSR count). The van der Waals surface area contributed by atoms with Crippen molar-refractivity contribution >= 4 is 27.4 Å². The van der Waals surface area contributed by atoms with Gasteiger partial charge >= 0.3 is 0 Å². The third-order valence-corrected chi connectivity index (χ3v) is 5.92. The van der Waals surface area contributed by atoms with Crippen molar-refractivity contribution in [1.82, 2.24) is 9.78 Å². The Morgan fingerprint density at radius 3 is 2.33 bits per heavy atom. The van der Waals surface area contributed by atoms with Gasteiger partial charge in [-0.25, -0.2) is 8.42 Å². The van der Waals surface area contributed by atoms with Gasteiger partial charge in [-0.1, -0.05) is 35.9 Å². The number of rotatable bonds is 5. The van der Waals surface area contributed by atoms with Gasteiger partial charge in [0, 0.05) is 19.8 Å². The highest BCUT2D eigenvalue weighted by Crippen LogP contribution is 2.26. The molecule has 0 radical (unpaired) electrons. The Balaban J connectivity index is 1.96. The minimum absolute atomic E-state index is 0.145. The molecule has 0 aliphatic rings. The summed E-state index contributed by atoms with van der Waals surface area (Å²) in [6.07, 6.45) is 1.36. The van der Waals surface area contributed by atoms with Crippen LogP contribution in [-0.2, 0) is 17.1 Å². The van der Waals surface area contributed by atoms with Crippen molar-refractivity contribution < 1.29 is 13.2 Å². The summed E-state index contributed by atoms with van der Waals surface area (Å²) in [5.41, 5.74) is 1.74. The summed E-state index contributed by atoms with van der Waals surface area (Å²) in [5.74, 6) is -0.251. The first kappa shape index (κ1) is 18.7. The fraction of sp³-hybridized carbons (Fsp3) is 0.158. The number of nitrogens with zero attached hydrogens (tertiary/aromatic N) is 3. The first-order valence-corrected chi connectivity index (χ1v) is 9.68. The average Bonchev–Trinajstić information content (AvgIpc) is 3.03. The van der Waals surface area contributed by atoms with Crippen LogP contribution in [0.25, 0.3) is 0 Å². The number of anilines is 2. The lowest BCUT2D eigenvalue weighted by Gasteiger charge is -2.21. The average molecular weight is 384 g/mol. The van der Waals surface area contributed by atoms with Gasteiger partial charge in [0.2, 0.25) is 0 Å². The largest absolute Gasteiger partial charge is 0.322 e. The molecule has 0 atom stereocenters. The molecule has 27 heavy (non-hydrogen) atoms. The van der Waals surface area contributed by atoms with E-state index in [-0.39, 0.29) is 16.3 Å². The maximum Gasteiger partial charge on any atom is 0.265 e. The van der Waals surface area contributed by atoms with E-state index in [9.17, 15) is 13.2 Å². The lowest BCUT2D eigenvalue weighted by molar-refractivity contribution is 0.102.